The quantitative estimate of drug-likeness (QED) is 0.811. The van der Waals surface area contributed by atoms with E-state index in [2.05, 4.69) is 31.3 Å². The van der Waals surface area contributed by atoms with Gasteiger partial charge in [0.15, 0.2) is 11.5 Å². The molecule has 4 rings (SSSR count). The van der Waals surface area contributed by atoms with Gasteiger partial charge >= 0.3 is 6.03 Å². The lowest BCUT2D eigenvalue weighted by Crippen LogP contribution is -2.39. The van der Waals surface area contributed by atoms with Gasteiger partial charge in [-0.2, -0.15) is 0 Å². The summed E-state index contributed by atoms with van der Waals surface area (Å²) in [5, 5.41) is 3.35. The van der Waals surface area contributed by atoms with Crippen molar-refractivity contribution in [3.8, 4) is 11.5 Å². The molecule has 0 radical (unpaired) electrons. The van der Waals surface area contributed by atoms with Gasteiger partial charge in [-0.15, -0.1) is 0 Å². The minimum Gasteiger partial charge on any atom is -0.486 e. The number of carbonyl (C=O) groups is 1. The van der Waals surface area contributed by atoms with E-state index in [1.807, 2.05) is 4.90 Å². The maximum atomic E-state index is 12.8. The summed E-state index contributed by atoms with van der Waals surface area (Å²) in [7, 11) is 0. The molecule has 2 aromatic carbocycles. The van der Waals surface area contributed by atoms with E-state index in [4.69, 9.17) is 21.1 Å². The van der Waals surface area contributed by atoms with Gasteiger partial charge in [-0.1, -0.05) is 29.3 Å². The van der Waals surface area contributed by atoms with E-state index in [9.17, 15) is 4.79 Å². The monoisotopic (exact) mass is 372 g/mol. The number of rotatable bonds is 1. The fraction of sp³-hybridized carbons (Fsp3) is 0.350. The van der Waals surface area contributed by atoms with Crippen LogP contribution >= 0.6 is 11.6 Å². The van der Waals surface area contributed by atoms with Crippen LogP contribution in [0.2, 0.25) is 5.02 Å². The molecule has 2 aliphatic heterocycles. The predicted molar refractivity (Wildman–Crippen MR) is 101 cm³/mol. The number of urea groups is 1. The molecule has 136 valence electrons. The second kappa shape index (κ2) is 6.72. The number of ether oxygens (including phenoxy) is 2. The Morgan fingerprint density at radius 3 is 2.62 bits per heavy atom. The van der Waals surface area contributed by atoms with Crippen molar-refractivity contribution >= 4 is 23.3 Å². The van der Waals surface area contributed by atoms with Crippen molar-refractivity contribution in [3.63, 3.8) is 0 Å². The Morgan fingerprint density at radius 2 is 1.85 bits per heavy atom. The smallest absolute Gasteiger partial charge is 0.322 e. The lowest BCUT2D eigenvalue weighted by molar-refractivity contribution is 0.171. The third-order valence-corrected chi connectivity index (χ3v) is 5.18. The summed E-state index contributed by atoms with van der Waals surface area (Å²) in [6, 6.07) is 7.61. The average Bonchev–Trinajstić information content (AvgIpc) is 2.61. The van der Waals surface area contributed by atoms with Crippen molar-refractivity contribution in [2.24, 2.45) is 0 Å². The zero-order valence-corrected chi connectivity index (χ0v) is 15.7. The van der Waals surface area contributed by atoms with Crippen LogP contribution in [0.1, 0.15) is 22.3 Å². The van der Waals surface area contributed by atoms with Crippen LogP contribution in [0.4, 0.5) is 10.5 Å². The number of amides is 2. The number of fused-ring (bicyclic) bond motifs is 2. The van der Waals surface area contributed by atoms with E-state index in [1.54, 1.807) is 12.1 Å². The van der Waals surface area contributed by atoms with Crippen LogP contribution in [-0.4, -0.2) is 30.7 Å². The summed E-state index contributed by atoms with van der Waals surface area (Å²) in [6.07, 6.45) is 0.865. The van der Waals surface area contributed by atoms with Gasteiger partial charge in [-0.25, -0.2) is 4.79 Å². The van der Waals surface area contributed by atoms with Crippen molar-refractivity contribution in [3.05, 3.63) is 51.5 Å². The molecule has 0 saturated heterocycles. The topological polar surface area (TPSA) is 50.8 Å². The first kappa shape index (κ1) is 17.0. The molecule has 0 unspecified atom stereocenters. The van der Waals surface area contributed by atoms with Crippen LogP contribution in [0.5, 0.6) is 11.5 Å². The summed E-state index contributed by atoms with van der Waals surface area (Å²) < 4.78 is 11.1. The van der Waals surface area contributed by atoms with Crippen molar-refractivity contribution in [2.45, 2.75) is 26.8 Å². The summed E-state index contributed by atoms with van der Waals surface area (Å²) in [5.74, 6) is 1.21. The number of aryl methyl sites for hydroxylation is 2. The van der Waals surface area contributed by atoms with Crippen LogP contribution in [0, 0.1) is 13.8 Å². The van der Waals surface area contributed by atoms with Gasteiger partial charge < -0.3 is 19.7 Å². The van der Waals surface area contributed by atoms with E-state index < -0.39 is 0 Å². The van der Waals surface area contributed by atoms with E-state index in [0.717, 1.165) is 6.42 Å². The third-order valence-electron chi connectivity index (χ3n) is 4.86. The van der Waals surface area contributed by atoms with Crippen molar-refractivity contribution in [1.29, 1.82) is 0 Å². The molecule has 26 heavy (non-hydrogen) atoms. The fourth-order valence-corrected chi connectivity index (χ4v) is 3.84. The maximum Gasteiger partial charge on any atom is 0.322 e. The van der Waals surface area contributed by atoms with E-state index >= 15 is 0 Å². The molecule has 0 aromatic heterocycles. The molecule has 2 aromatic rings. The Kier molecular flexibility index (Phi) is 4.41. The van der Waals surface area contributed by atoms with Crippen LogP contribution in [0.25, 0.3) is 0 Å². The summed E-state index contributed by atoms with van der Waals surface area (Å²) in [6.45, 7) is 6.50. The highest BCUT2D eigenvalue weighted by Gasteiger charge is 2.23. The van der Waals surface area contributed by atoms with E-state index in [0.29, 0.717) is 48.5 Å². The lowest BCUT2D eigenvalue weighted by atomic mass is 9.93. The minimum absolute atomic E-state index is 0.159. The average molecular weight is 373 g/mol. The van der Waals surface area contributed by atoms with Crippen molar-refractivity contribution in [2.75, 3.05) is 25.1 Å². The highest BCUT2D eigenvalue weighted by Crippen LogP contribution is 2.38. The van der Waals surface area contributed by atoms with Crippen molar-refractivity contribution < 1.29 is 14.3 Å². The fourth-order valence-electron chi connectivity index (χ4n) is 3.64. The molecule has 2 amide bonds. The molecule has 1 N–H and O–H groups in total. The number of nitrogens with zero attached hydrogens (tertiary/aromatic N) is 1. The lowest BCUT2D eigenvalue weighted by Gasteiger charge is -2.30. The summed E-state index contributed by atoms with van der Waals surface area (Å²) in [4.78, 5) is 14.6. The first-order chi connectivity index (χ1) is 12.5. The largest absolute Gasteiger partial charge is 0.486 e. The van der Waals surface area contributed by atoms with Gasteiger partial charge in [0.05, 0.1) is 10.7 Å². The Morgan fingerprint density at radius 1 is 1.12 bits per heavy atom. The van der Waals surface area contributed by atoms with Gasteiger partial charge in [0.2, 0.25) is 0 Å². The molecule has 0 fully saturated rings. The third kappa shape index (κ3) is 3.19. The number of carbonyl (C=O) groups excluding carboxylic acids is 1. The van der Waals surface area contributed by atoms with Crippen LogP contribution in [-0.2, 0) is 13.0 Å². The van der Waals surface area contributed by atoms with Gasteiger partial charge in [0, 0.05) is 25.2 Å². The summed E-state index contributed by atoms with van der Waals surface area (Å²) in [5.41, 5.74) is 5.63. The molecule has 0 aliphatic carbocycles. The SMILES string of the molecule is Cc1cc(C)c2c(c1)CN(C(=O)Nc1cc3c(cc1Cl)OCCO3)CC2. The van der Waals surface area contributed by atoms with Gasteiger partial charge in [0.1, 0.15) is 13.2 Å². The normalized spacial score (nSPS) is 15.4. The molecule has 0 saturated carbocycles. The zero-order chi connectivity index (χ0) is 18.3. The van der Waals surface area contributed by atoms with Gasteiger partial charge in [-0.05, 0) is 37.0 Å². The Hall–Kier alpha value is -2.40. The Labute approximate surface area is 157 Å². The number of hydrogen-bond acceptors (Lipinski definition) is 3. The molecular formula is C20H21ClN2O3. The maximum absolute atomic E-state index is 12.8. The molecule has 0 bridgehead atoms. The second-order valence-electron chi connectivity index (χ2n) is 6.80. The van der Waals surface area contributed by atoms with Gasteiger partial charge in [-0.3, -0.25) is 0 Å². The molecule has 2 aliphatic rings. The van der Waals surface area contributed by atoms with E-state index in [-0.39, 0.29) is 6.03 Å². The predicted octanol–water partition coefficient (Wildman–Crippen LogP) is 4.32. The van der Waals surface area contributed by atoms with Crippen LogP contribution in [0.15, 0.2) is 24.3 Å². The molecular weight excluding hydrogens is 352 g/mol. The Balaban J connectivity index is 1.52. The number of anilines is 1. The van der Waals surface area contributed by atoms with Gasteiger partial charge in [0.25, 0.3) is 0 Å². The van der Waals surface area contributed by atoms with Crippen molar-refractivity contribution in [1.82, 2.24) is 4.90 Å². The highest BCUT2D eigenvalue weighted by molar-refractivity contribution is 6.34. The first-order valence-electron chi connectivity index (χ1n) is 8.75. The summed E-state index contributed by atoms with van der Waals surface area (Å²) >= 11 is 6.30. The van der Waals surface area contributed by atoms with E-state index in [1.165, 1.54) is 22.3 Å². The Bertz CT molecular complexity index is 882. The second-order valence-corrected chi connectivity index (χ2v) is 7.20. The standard InChI is InChI=1S/C20H21ClN2O3/c1-12-7-13(2)15-3-4-23(11-14(15)8-12)20(24)22-17-10-19-18(9-16(17)21)25-5-6-26-19/h7-10H,3-6,11H2,1-2H3,(H,22,24). The molecule has 0 atom stereocenters. The zero-order valence-electron chi connectivity index (χ0n) is 14.9. The number of hydrogen-bond donors (Lipinski definition) is 1. The minimum atomic E-state index is -0.159. The van der Waals surface area contributed by atoms with Crippen LogP contribution in [0.3, 0.4) is 0 Å². The molecule has 6 heteroatoms. The number of halogens is 1. The number of nitrogens with one attached hydrogen (secondary N) is 1. The van der Waals surface area contributed by atoms with Crippen LogP contribution < -0.4 is 14.8 Å². The first-order valence-corrected chi connectivity index (χ1v) is 9.13. The number of benzene rings is 2. The molecule has 5 nitrogen and oxygen atoms in total. The molecule has 0 spiro atoms. The highest BCUT2D eigenvalue weighted by atomic mass is 35.5. The molecule has 2 heterocycles.